The molecule has 2 aromatic heterocycles. The highest BCUT2D eigenvalue weighted by Crippen LogP contribution is 2.18. The molecule has 7 nitrogen and oxygen atoms in total. The number of aromatic nitrogens is 5. The fourth-order valence-corrected chi connectivity index (χ4v) is 2.85. The van der Waals surface area contributed by atoms with Gasteiger partial charge in [0.25, 0.3) is 0 Å². The highest BCUT2D eigenvalue weighted by molar-refractivity contribution is 5.76. The number of carbonyl (C=O) groups is 1. The molecule has 0 unspecified atom stereocenters. The van der Waals surface area contributed by atoms with Crippen molar-refractivity contribution in [3.05, 3.63) is 30.1 Å². The van der Waals surface area contributed by atoms with Gasteiger partial charge in [-0.15, -0.1) is 10.2 Å². The molecular weight excluding hydrogens is 280 g/mol. The summed E-state index contributed by atoms with van der Waals surface area (Å²) in [4.78, 5) is 12.1. The maximum Gasteiger partial charge on any atom is 0.222 e. The molecule has 3 rings (SSSR count). The van der Waals surface area contributed by atoms with Crippen LogP contribution in [0.4, 0.5) is 0 Å². The summed E-state index contributed by atoms with van der Waals surface area (Å²) in [6, 6.07) is 1.73. The third-order valence-electron chi connectivity index (χ3n) is 4.03. The molecule has 2 aromatic rings. The molecule has 0 aromatic carbocycles. The minimum atomic E-state index is -0.121. The van der Waals surface area contributed by atoms with E-state index in [1.54, 1.807) is 10.9 Å². The number of hydrogen-bond donors (Lipinski definition) is 1. The lowest BCUT2D eigenvalue weighted by molar-refractivity contribution is -0.122. The van der Waals surface area contributed by atoms with Crippen molar-refractivity contribution < 1.29 is 4.79 Å². The molecule has 0 bridgehead atoms. The Bertz CT molecular complexity index is 618. The van der Waals surface area contributed by atoms with Gasteiger partial charge in [-0.1, -0.05) is 6.42 Å². The number of aryl methyl sites for hydroxylation is 2. The number of rotatable bonds is 5. The van der Waals surface area contributed by atoms with Gasteiger partial charge in [-0.2, -0.15) is 5.10 Å². The van der Waals surface area contributed by atoms with E-state index in [1.165, 1.54) is 12.8 Å². The van der Waals surface area contributed by atoms with Gasteiger partial charge in [0.15, 0.2) is 5.82 Å². The van der Waals surface area contributed by atoms with Crippen LogP contribution in [0.5, 0.6) is 0 Å². The molecule has 0 saturated carbocycles. The first kappa shape index (κ1) is 14.7. The summed E-state index contributed by atoms with van der Waals surface area (Å²) in [6.07, 6.45) is 8.51. The van der Waals surface area contributed by atoms with Crippen LogP contribution in [-0.4, -0.2) is 30.5 Å². The molecule has 0 aliphatic carbocycles. The average Bonchev–Trinajstić information content (AvgIpc) is 3.10. The van der Waals surface area contributed by atoms with Crippen LogP contribution in [0.25, 0.3) is 0 Å². The number of nitrogens with one attached hydrogen (secondary N) is 1. The van der Waals surface area contributed by atoms with Crippen molar-refractivity contribution in [2.75, 3.05) is 0 Å². The van der Waals surface area contributed by atoms with Crippen LogP contribution >= 0.6 is 0 Å². The van der Waals surface area contributed by atoms with E-state index in [0.717, 1.165) is 31.0 Å². The fraction of sp³-hybridized carbons (Fsp3) is 0.600. The predicted octanol–water partition coefficient (Wildman–Crippen LogP) is 1.47. The molecule has 118 valence electrons. The minimum absolute atomic E-state index is 0.00831. The summed E-state index contributed by atoms with van der Waals surface area (Å²) < 4.78 is 3.93. The zero-order chi connectivity index (χ0) is 15.4. The van der Waals surface area contributed by atoms with Crippen molar-refractivity contribution in [1.29, 1.82) is 0 Å². The van der Waals surface area contributed by atoms with E-state index in [1.807, 2.05) is 19.2 Å². The zero-order valence-electron chi connectivity index (χ0n) is 12.9. The first-order valence-corrected chi connectivity index (χ1v) is 7.93. The summed E-state index contributed by atoms with van der Waals surface area (Å²) in [5.74, 6) is 1.92. The van der Waals surface area contributed by atoms with E-state index in [2.05, 4.69) is 25.2 Å². The van der Waals surface area contributed by atoms with Gasteiger partial charge in [0, 0.05) is 38.3 Å². The quantitative estimate of drug-likeness (QED) is 0.907. The Kier molecular flexibility index (Phi) is 4.50. The third-order valence-corrected chi connectivity index (χ3v) is 4.03. The van der Waals surface area contributed by atoms with Crippen molar-refractivity contribution >= 4 is 5.91 Å². The summed E-state index contributed by atoms with van der Waals surface area (Å²) in [5, 5.41) is 15.7. The minimum Gasteiger partial charge on any atom is -0.346 e. The molecule has 0 spiro atoms. The van der Waals surface area contributed by atoms with Crippen LogP contribution in [-0.2, 0) is 24.3 Å². The van der Waals surface area contributed by atoms with Crippen molar-refractivity contribution in [2.45, 2.75) is 58.2 Å². The topological polar surface area (TPSA) is 77.6 Å². The Labute approximate surface area is 129 Å². The van der Waals surface area contributed by atoms with Crippen LogP contribution in [0.15, 0.2) is 18.5 Å². The van der Waals surface area contributed by atoms with Gasteiger partial charge in [-0.3, -0.25) is 9.48 Å². The molecule has 1 atom stereocenters. The summed E-state index contributed by atoms with van der Waals surface area (Å²) >= 11 is 0. The number of nitrogens with zero attached hydrogens (tertiary/aromatic N) is 5. The lowest BCUT2D eigenvalue weighted by atomic mass is 10.2. The molecule has 0 saturated heterocycles. The molecule has 1 aliphatic rings. The molecule has 1 amide bonds. The smallest absolute Gasteiger partial charge is 0.222 e. The second-order valence-corrected chi connectivity index (χ2v) is 5.75. The number of hydrogen-bond acceptors (Lipinski definition) is 4. The summed E-state index contributed by atoms with van der Waals surface area (Å²) in [6.45, 7) is 3.50. The Morgan fingerprint density at radius 2 is 2.27 bits per heavy atom. The molecule has 1 aliphatic heterocycles. The van der Waals surface area contributed by atoms with Crippen molar-refractivity contribution in [3.8, 4) is 0 Å². The van der Waals surface area contributed by atoms with Crippen LogP contribution in [0.3, 0.4) is 0 Å². The molecule has 0 fully saturated rings. The van der Waals surface area contributed by atoms with Crippen molar-refractivity contribution in [3.63, 3.8) is 0 Å². The van der Waals surface area contributed by atoms with Crippen LogP contribution in [0.1, 0.15) is 50.3 Å². The molecule has 3 heterocycles. The van der Waals surface area contributed by atoms with Gasteiger partial charge in [-0.25, -0.2) is 0 Å². The maximum atomic E-state index is 12.1. The lowest BCUT2D eigenvalue weighted by Gasteiger charge is -2.15. The lowest BCUT2D eigenvalue weighted by Crippen LogP contribution is -2.29. The number of carbonyl (C=O) groups excluding carboxylic acids is 1. The van der Waals surface area contributed by atoms with Gasteiger partial charge in [0.1, 0.15) is 5.82 Å². The van der Waals surface area contributed by atoms with E-state index in [0.29, 0.717) is 13.0 Å². The van der Waals surface area contributed by atoms with Gasteiger partial charge in [-0.05, 0) is 25.8 Å². The highest BCUT2D eigenvalue weighted by Gasteiger charge is 2.20. The van der Waals surface area contributed by atoms with E-state index >= 15 is 0 Å². The fourth-order valence-electron chi connectivity index (χ4n) is 2.85. The monoisotopic (exact) mass is 302 g/mol. The summed E-state index contributed by atoms with van der Waals surface area (Å²) in [5.41, 5.74) is 0. The van der Waals surface area contributed by atoms with Crippen molar-refractivity contribution in [2.24, 2.45) is 0 Å². The standard InChI is InChI=1S/C15H22N6O/c1-12(17-14(22)7-11-20-9-5-8-16-20)15-19-18-13-6-3-2-4-10-21(13)15/h5,8-9,12H,2-4,6-7,10-11H2,1H3,(H,17,22)/t12-/m1/s1. The van der Waals surface area contributed by atoms with E-state index in [4.69, 9.17) is 0 Å². The zero-order valence-corrected chi connectivity index (χ0v) is 12.9. The number of fused-ring (bicyclic) bond motifs is 1. The van der Waals surface area contributed by atoms with Crippen molar-refractivity contribution in [1.82, 2.24) is 29.9 Å². The predicted molar refractivity (Wildman–Crippen MR) is 81.0 cm³/mol. The first-order valence-electron chi connectivity index (χ1n) is 7.93. The molecule has 0 radical (unpaired) electrons. The SMILES string of the molecule is C[C@@H](NC(=O)CCn1cccn1)c1nnc2n1CCCCC2. The highest BCUT2D eigenvalue weighted by atomic mass is 16.1. The Balaban J connectivity index is 1.58. The molecule has 7 heteroatoms. The molecular formula is C15H22N6O. The van der Waals surface area contributed by atoms with Gasteiger partial charge in [0.2, 0.25) is 5.91 Å². The first-order chi connectivity index (χ1) is 10.7. The van der Waals surface area contributed by atoms with Crippen LogP contribution in [0, 0.1) is 0 Å². The Morgan fingerprint density at radius 1 is 1.36 bits per heavy atom. The number of amides is 1. The molecule has 22 heavy (non-hydrogen) atoms. The van der Waals surface area contributed by atoms with Crippen LogP contribution in [0.2, 0.25) is 0 Å². The van der Waals surface area contributed by atoms with E-state index < -0.39 is 0 Å². The largest absolute Gasteiger partial charge is 0.346 e. The second-order valence-electron chi connectivity index (χ2n) is 5.75. The maximum absolute atomic E-state index is 12.1. The normalized spacial score (nSPS) is 15.9. The van der Waals surface area contributed by atoms with E-state index in [-0.39, 0.29) is 11.9 Å². The molecule has 1 N–H and O–H groups in total. The van der Waals surface area contributed by atoms with Gasteiger partial charge < -0.3 is 9.88 Å². The van der Waals surface area contributed by atoms with Gasteiger partial charge >= 0.3 is 0 Å². The second kappa shape index (κ2) is 6.72. The van der Waals surface area contributed by atoms with E-state index in [9.17, 15) is 4.79 Å². The Hall–Kier alpha value is -2.18. The van der Waals surface area contributed by atoms with Gasteiger partial charge in [0.05, 0.1) is 6.04 Å². The Morgan fingerprint density at radius 3 is 3.09 bits per heavy atom. The average molecular weight is 302 g/mol. The van der Waals surface area contributed by atoms with Crippen LogP contribution < -0.4 is 5.32 Å². The third kappa shape index (κ3) is 3.35. The summed E-state index contributed by atoms with van der Waals surface area (Å²) in [7, 11) is 0.